The zero-order chi connectivity index (χ0) is 12.3. The first-order valence-corrected chi connectivity index (χ1v) is 6.43. The van der Waals surface area contributed by atoms with Crippen molar-refractivity contribution in [3.05, 3.63) is 46.2 Å². The number of halogens is 1. The normalized spacial score (nSPS) is 18.0. The summed E-state index contributed by atoms with van der Waals surface area (Å²) < 4.78 is 0.981. The van der Waals surface area contributed by atoms with E-state index in [-0.39, 0.29) is 5.78 Å². The summed E-state index contributed by atoms with van der Waals surface area (Å²) >= 11 is 3.36. The van der Waals surface area contributed by atoms with Gasteiger partial charge in [0.05, 0.1) is 0 Å². The summed E-state index contributed by atoms with van der Waals surface area (Å²) in [6.07, 6.45) is 2.78. The van der Waals surface area contributed by atoms with Crippen LogP contribution in [0.15, 0.2) is 40.6 Å². The van der Waals surface area contributed by atoms with Crippen molar-refractivity contribution < 1.29 is 4.79 Å². The van der Waals surface area contributed by atoms with Crippen LogP contribution in [0, 0.1) is 0 Å². The second-order valence-electron chi connectivity index (χ2n) is 4.10. The minimum atomic E-state index is 0.0359. The molecule has 2 rings (SSSR count). The number of carbonyl (C=O) groups excluding carboxylic acids is 1. The smallest absolute Gasteiger partial charge is 0.189 e. The van der Waals surface area contributed by atoms with Crippen molar-refractivity contribution in [1.82, 2.24) is 10.2 Å². The zero-order valence-electron chi connectivity index (χ0n) is 9.74. The number of hydrogen-bond donors (Lipinski definition) is 1. The highest BCUT2D eigenvalue weighted by Gasteiger charge is 2.12. The lowest BCUT2D eigenvalue weighted by molar-refractivity contribution is 0.104. The molecule has 0 aromatic heterocycles. The molecule has 0 atom stereocenters. The number of nitrogens with one attached hydrogen (secondary N) is 1. The number of rotatable bonds is 2. The summed E-state index contributed by atoms with van der Waals surface area (Å²) in [6.45, 7) is 1.93. The van der Waals surface area contributed by atoms with Gasteiger partial charge in [0.15, 0.2) is 5.78 Å². The minimum Gasteiger partial charge on any atom is -0.372 e. The molecule has 1 heterocycles. The molecule has 1 fully saturated rings. The van der Waals surface area contributed by atoms with Gasteiger partial charge in [-0.15, -0.1) is 0 Å². The Kier molecular flexibility index (Phi) is 3.84. The van der Waals surface area contributed by atoms with Crippen LogP contribution in [-0.4, -0.2) is 30.8 Å². The first-order valence-electron chi connectivity index (χ1n) is 5.63. The Morgan fingerprint density at radius 3 is 2.76 bits per heavy atom. The van der Waals surface area contributed by atoms with Gasteiger partial charge >= 0.3 is 0 Å². The number of benzene rings is 1. The van der Waals surface area contributed by atoms with Crippen LogP contribution in [0.1, 0.15) is 16.8 Å². The van der Waals surface area contributed by atoms with E-state index in [1.807, 2.05) is 31.3 Å². The minimum absolute atomic E-state index is 0.0359. The first kappa shape index (κ1) is 12.2. The summed E-state index contributed by atoms with van der Waals surface area (Å²) in [6, 6.07) is 7.41. The molecule has 1 N–H and O–H groups in total. The van der Waals surface area contributed by atoms with Gasteiger partial charge in [-0.2, -0.15) is 0 Å². The fourth-order valence-corrected chi connectivity index (χ4v) is 2.04. The van der Waals surface area contributed by atoms with Crippen LogP contribution >= 0.6 is 15.9 Å². The SMILES string of the molecule is CN1CCCN/C1=C\C(=O)c1ccc(Br)cc1. The van der Waals surface area contributed by atoms with Crippen molar-refractivity contribution >= 4 is 21.7 Å². The fourth-order valence-electron chi connectivity index (χ4n) is 1.77. The van der Waals surface area contributed by atoms with Crippen molar-refractivity contribution in [2.24, 2.45) is 0 Å². The summed E-state index contributed by atoms with van der Waals surface area (Å²) in [7, 11) is 1.99. The quantitative estimate of drug-likeness (QED) is 0.671. The molecule has 0 aliphatic carbocycles. The zero-order valence-corrected chi connectivity index (χ0v) is 11.3. The summed E-state index contributed by atoms with van der Waals surface area (Å²) in [5.41, 5.74) is 0.710. The second kappa shape index (κ2) is 5.36. The number of ketones is 1. The van der Waals surface area contributed by atoms with Crippen LogP contribution in [0.3, 0.4) is 0 Å². The lowest BCUT2D eigenvalue weighted by atomic mass is 10.1. The molecule has 90 valence electrons. The Morgan fingerprint density at radius 1 is 1.41 bits per heavy atom. The van der Waals surface area contributed by atoms with E-state index < -0.39 is 0 Å². The Hall–Kier alpha value is -1.29. The highest BCUT2D eigenvalue weighted by atomic mass is 79.9. The third-order valence-corrected chi connectivity index (χ3v) is 3.31. The molecule has 0 spiro atoms. The highest BCUT2D eigenvalue weighted by Crippen LogP contribution is 2.12. The van der Waals surface area contributed by atoms with Crippen molar-refractivity contribution in [2.45, 2.75) is 6.42 Å². The van der Waals surface area contributed by atoms with E-state index in [4.69, 9.17) is 0 Å². The van der Waals surface area contributed by atoms with Crippen LogP contribution < -0.4 is 5.32 Å². The summed E-state index contributed by atoms with van der Waals surface area (Å²) in [4.78, 5) is 14.1. The van der Waals surface area contributed by atoms with E-state index in [0.717, 1.165) is 29.8 Å². The maximum absolute atomic E-state index is 12.0. The molecule has 1 aliphatic heterocycles. The average Bonchev–Trinajstić information content (AvgIpc) is 2.33. The lowest BCUT2D eigenvalue weighted by Crippen LogP contribution is -2.37. The van der Waals surface area contributed by atoms with Crippen molar-refractivity contribution in [3.63, 3.8) is 0 Å². The molecule has 17 heavy (non-hydrogen) atoms. The van der Waals surface area contributed by atoms with Crippen LogP contribution in [0.5, 0.6) is 0 Å². The number of hydrogen-bond acceptors (Lipinski definition) is 3. The van der Waals surface area contributed by atoms with E-state index in [9.17, 15) is 4.79 Å². The molecular weight excluding hydrogens is 280 g/mol. The molecule has 0 amide bonds. The summed E-state index contributed by atoms with van der Waals surface area (Å²) in [5, 5.41) is 3.24. The topological polar surface area (TPSA) is 32.3 Å². The molecule has 0 radical (unpaired) electrons. The van der Waals surface area contributed by atoms with Gasteiger partial charge < -0.3 is 10.2 Å². The van der Waals surface area contributed by atoms with Crippen molar-refractivity contribution in [1.29, 1.82) is 0 Å². The monoisotopic (exact) mass is 294 g/mol. The predicted octanol–water partition coefficient (Wildman–Crippen LogP) is 2.40. The predicted molar refractivity (Wildman–Crippen MR) is 71.8 cm³/mol. The molecule has 1 saturated heterocycles. The van der Waals surface area contributed by atoms with Crippen LogP contribution in [-0.2, 0) is 0 Å². The maximum Gasteiger partial charge on any atom is 0.189 e. The molecule has 4 heteroatoms. The molecule has 1 aromatic rings. The third-order valence-electron chi connectivity index (χ3n) is 2.78. The van der Waals surface area contributed by atoms with Gasteiger partial charge in [0, 0.05) is 36.2 Å². The molecule has 0 saturated carbocycles. The van der Waals surface area contributed by atoms with Gasteiger partial charge in [0.1, 0.15) is 5.82 Å². The number of nitrogens with zero attached hydrogens (tertiary/aromatic N) is 1. The number of carbonyl (C=O) groups is 1. The van der Waals surface area contributed by atoms with Gasteiger partial charge in [0.2, 0.25) is 0 Å². The van der Waals surface area contributed by atoms with E-state index >= 15 is 0 Å². The maximum atomic E-state index is 12.0. The molecule has 3 nitrogen and oxygen atoms in total. The van der Waals surface area contributed by atoms with E-state index in [1.165, 1.54) is 0 Å². The van der Waals surface area contributed by atoms with Crippen LogP contribution in [0.25, 0.3) is 0 Å². The van der Waals surface area contributed by atoms with Gasteiger partial charge in [-0.05, 0) is 30.7 Å². The van der Waals surface area contributed by atoms with Crippen LogP contribution in [0.2, 0.25) is 0 Å². The van der Waals surface area contributed by atoms with Crippen LogP contribution in [0.4, 0.5) is 0 Å². The Balaban J connectivity index is 2.15. The lowest BCUT2D eigenvalue weighted by Gasteiger charge is -2.28. The van der Waals surface area contributed by atoms with Gasteiger partial charge in [0.25, 0.3) is 0 Å². The Morgan fingerprint density at radius 2 is 2.12 bits per heavy atom. The second-order valence-corrected chi connectivity index (χ2v) is 5.02. The molecular formula is C13H15BrN2O. The Labute approximate surface area is 110 Å². The van der Waals surface area contributed by atoms with E-state index in [1.54, 1.807) is 6.08 Å². The van der Waals surface area contributed by atoms with E-state index in [2.05, 4.69) is 26.1 Å². The Bertz CT molecular complexity index is 439. The number of allylic oxidation sites excluding steroid dienone is 1. The van der Waals surface area contributed by atoms with Gasteiger partial charge in [-0.1, -0.05) is 15.9 Å². The molecule has 1 aromatic carbocycles. The largest absolute Gasteiger partial charge is 0.372 e. The third kappa shape index (κ3) is 3.09. The van der Waals surface area contributed by atoms with Gasteiger partial charge in [-0.25, -0.2) is 0 Å². The van der Waals surface area contributed by atoms with Crippen molar-refractivity contribution in [2.75, 3.05) is 20.1 Å². The fraction of sp³-hybridized carbons (Fsp3) is 0.308. The van der Waals surface area contributed by atoms with Gasteiger partial charge in [-0.3, -0.25) is 4.79 Å². The first-order chi connectivity index (χ1) is 8.16. The average molecular weight is 295 g/mol. The van der Waals surface area contributed by atoms with E-state index in [0.29, 0.717) is 5.56 Å². The molecule has 0 unspecified atom stereocenters. The molecule has 0 bridgehead atoms. The summed E-state index contributed by atoms with van der Waals surface area (Å²) in [5.74, 6) is 0.943. The highest BCUT2D eigenvalue weighted by molar-refractivity contribution is 9.10. The molecule has 1 aliphatic rings. The standard InChI is InChI=1S/C13H15BrN2O/c1-16-8-2-7-15-13(16)9-12(17)10-3-5-11(14)6-4-10/h3-6,9,15H,2,7-8H2,1H3/b13-9+. The van der Waals surface area contributed by atoms with Crippen molar-refractivity contribution in [3.8, 4) is 0 Å².